The van der Waals surface area contributed by atoms with E-state index in [1.807, 2.05) is 19.0 Å². The van der Waals surface area contributed by atoms with E-state index in [4.69, 9.17) is 4.52 Å². The third kappa shape index (κ3) is 4.13. The van der Waals surface area contributed by atoms with Crippen molar-refractivity contribution in [1.82, 2.24) is 25.7 Å². The van der Waals surface area contributed by atoms with Gasteiger partial charge in [0.2, 0.25) is 11.8 Å². The smallest absolute Gasteiger partial charge is 0.240 e. The molecule has 1 saturated heterocycles. The summed E-state index contributed by atoms with van der Waals surface area (Å²) >= 11 is 0. The highest BCUT2D eigenvalue weighted by Crippen LogP contribution is 2.37. The summed E-state index contributed by atoms with van der Waals surface area (Å²) in [5.41, 5.74) is -0.431. The van der Waals surface area contributed by atoms with E-state index in [0.717, 1.165) is 45.2 Å². The van der Waals surface area contributed by atoms with E-state index in [2.05, 4.69) is 20.8 Å². The van der Waals surface area contributed by atoms with Crippen LogP contribution in [0.3, 0.4) is 0 Å². The average Bonchev–Trinajstić information content (AvgIpc) is 3.26. The predicted octanol–water partition coefficient (Wildman–Crippen LogP) is 1.41. The molecule has 2 aliphatic rings. The van der Waals surface area contributed by atoms with E-state index in [1.165, 1.54) is 6.42 Å². The highest BCUT2D eigenvalue weighted by atomic mass is 16.5. The summed E-state index contributed by atoms with van der Waals surface area (Å²) in [6, 6.07) is 0. The number of carbonyl (C=O) groups is 1. The maximum atomic E-state index is 12.5. The molecule has 1 amide bonds. The van der Waals surface area contributed by atoms with Crippen LogP contribution in [0.25, 0.3) is 0 Å². The van der Waals surface area contributed by atoms with E-state index < -0.39 is 5.54 Å². The second-order valence-electron chi connectivity index (χ2n) is 7.48. The fraction of sp³-hybridized carbons (Fsp3) is 0.824. The number of amides is 1. The fourth-order valence-corrected chi connectivity index (χ4v) is 3.79. The van der Waals surface area contributed by atoms with Gasteiger partial charge in [-0.3, -0.25) is 4.79 Å². The van der Waals surface area contributed by atoms with Gasteiger partial charge in [0.15, 0.2) is 5.82 Å². The molecule has 7 heteroatoms. The first-order chi connectivity index (χ1) is 11.6. The molecule has 1 aliphatic heterocycles. The van der Waals surface area contributed by atoms with Crippen LogP contribution in [0.5, 0.6) is 0 Å². The molecule has 2 heterocycles. The van der Waals surface area contributed by atoms with Crippen LogP contribution >= 0.6 is 0 Å². The van der Waals surface area contributed by atoms with Crippen LogP contribution < -0.4 is 10.6 Å². The van der Waals surface area contributed by atoms with Crippen LogP contribution in [-0.4, -0.2) is 48.1 Å². The fourth-order valence-electron chi connectivity index (χ4n) is 3.79. The monoisotopic (exact) mass is 335 g/mol. The van der Waals surface area contributed by atoms with Crippen molar-refractivity contribution >= 4 is 5.91 Å². The summed E-state index contributed by atoms with van der Waals surface area (Å²) in [6.45, 7) is 2.73. The minimum absolute atomic E-state index is 0.114. The Morgan fingerprint density at radius 1 is 1.42 bits per heavy atom. The van der Waals surface area contributed by atoms with Crippen LogP contribution in [0.15, 0.2) is 4.52 Å². The van der Waals surface area contributed by atoms with Gasteiger partial charge in [0, 0.05) is 6.42 Å². The van der Waals surface area contributed by atoms with Gasteiger partial charge in [-0.2, -0.15) is 4.98 Å². The lowest BCUT2D eigenvalue weighted by molar-refractivity contribution is -0.123. The van der Waals surface area contributed by atoms with Gasteiger partial charge in [-0.15, -0.1) is 0 Å². The molecule has 1 saturated carbocycles. The number of rotatable bonds is 7. The van der Waals surface area contributed by atoms with Gasteiger partial charge in [0.05, 0.1) is 6.54 Å². The molecular formula is C17H29N5O2. The summed E-state index contributed by atoms with van der Waals surface area (Å²) in [5.74, 6) is 2.00. The van der Waals surface area contributed by atoms with Gasteiger partial charge in [-0.1, -0.05) is 18.0 Å². The van der Waals surface area contributed by atoms with Gasteiger partial charge in [0.25, 0.3) is 0 Å². The Morgan fingerprint density at radius 3 is 2.88 bits per heavy atom. The van der Waals surface area contributed by atoms with Gasteiger partial charge in [-0.05, 0) is 58.8 Å². The van der Waals surface area contributed by atoms with Crippen LogP contribution in [0.4, 0.5) is 0 Å². The van der Waals surface area contributed by atoms with Crippen LogP contribution in [0.1, 0.15) is 56.7 Å². The molecule has 1 atom stereocenters. The Kier molecular flexibility index (Phi) is 5.50. The van der Waals surface area contributed by atoms with Gasteiger partial charge in [-0.25, -0.2) is 0 Å². The Hall–Kier alpha value is -1.47. The lowest BCUT2D eigenvalue weighted by Gasteiger charge is -2.27. The minimum Gasteiger partial charge on any atom is -0.343 e. The van der Waals surface area contributed by atoms with Gasteiger partial charge < -0.3 is 20.1 Å². The van der Waals surface area contributed by atoms with Crippen molar-refractivity contribution in [3.05, 3.63) is 11.7 Å². The minimum atomic E-state index is -0.431. The van der Waals surface area contributed by atoms with Crippen LogP contribution in [0, 0.1) is 5.92 Å². The first kappa shape index (κ1) is 17.4. The molecule has 0 spiro atoms. The van der Waals surface area contributed by atoms with E-state index >= 15 is 0 Å². The number of nitrogens with zero attached hydrogens (tertiary/aromatic N) is 3. The first-order valence-electron chi connectivity index (χ1n) is 9.07. The van der Waals surface area contributed by atoms with Crippen molar-refractivity contribution in [1.29, 1.82) is 0 Å². The Balaban J connectivity index is 1.62. The molecule has 0 aromatic carbocycles. The van der Waals surface area contributed by atoms with Crippen LogP contribution in [-0.2, 0) is 16.9 Å². The van der Waals surface area contributed by atoms with Gasteiger partial charge >= 0.3 is 0 Å². The number of hydrogen-bond acceptors (Lipinski definition) is 6. The van der Waals surface area contributed by atoms with E-state index in [9.17, 15) is 4.79 Å². The SMILES string of the molecule is CN(C)Cc1nc(C2(NC(=O)CCC3CCNC3)CCCC2)no1. The zero-order chi connectivity index (χ0) is 17.0. The second-order valence-corrected chi connectivity index (χ2v) is 7.48. The van der Waals surface area contributed by atoms with Crippen LogP contribution in [0.2, 0.25) is 0 Å². The van der Waals surface area contributed by atoms with Crippen molar-refractivity contribution in [3.8, 4) is 0 Å². The third-order valence-electron chi connectivity index (χ3n) is 5.13. The molecule has 1 aliphatic carbocycles. The Bertz CT molecular complexity index is 545. The average molecular weight is 335 g/mol. The molecule has 134 valence electrons. The second kappa shape index (κ2) is 7.61. The largest absolute Gasteiger partial charge is 0.343 e. The quantitative estimate of drug-likeness (QED) is 0.784. The molecule has 2 N–H and O–H groups in total. The van der Waals surface area contributed by atoms with E-state index in [-0.39, 0.29) is 5.91 Å². The zero-order valence-corrected chi connectivity index (χ0v) is 14.8. The molecule has 3 rings (SSSR count). The summed E-state index contributed by atoms with van der Waals surface area (Å²) in [5, 5.41) is 10.8. The molecule has 7 nitrogen and oxygen atoms in total. The lowest BCUT2D eigenvalue weighted by Crippen LogP contribution is -2.44. The maximum absolute atomic E-state index is 12.5. The Morgan fingerprint density at radius 2 is 2.21 bits per heavy atom. The topological polar surface area (TPSA) is 83.3 Å². The lowest BCUT2D eigenvalue weighted by atomic mass is 9.95. The molecule has 2 fully saturated rings. The summed E-state index contributed by atoms with van der Waals surface area (Å²) in [4.78, 5) is 19.0. The summed E-state index contributed by atoms with van der Waals surface area (Å²) < 4.78 is 5.37. The number of carbonyl (C=O) groups excluding carboxylic acids is 1. The normalized spacial score (nSPS) is 23.0. The highest BCUT2D eigenvalue weighted by Gasteiger charge is 2.41. The molecule has 0 radical (unpaired) electrons. The third-order valence-corrected chi connectivity index (χ3v) is 5.13. The molecular weight excluding hydrogens is 306 g/mol. The predicted molar refractivity (Wildman–Crippen MR) is 90.2 cm³/mol. The molecule has 1 aromatic rings. The van der Waals surface area contributed by atoms with E-state index in [0.29, 0.717) is 30.6 Å². The van der Waals surface area contributed by atoms with Crippen molar-refractivity contribution in [3.63, 3.8) is 0 Å². The van der Waals surface area contributed by atoms with Crippen molar-refractivity contribution in [2.45, 2.75) is 57.0 Å². The molecule has 1 unspecified atom stereocenters. The van der Waals surface area contributed by atoms with E-state index in [1.54, 1.807) is 0 Å². The van der Waals surface area contributed by atoms with Crippen molar-refractivity contribution in [2.75, 3.05) is 27.2 Å². The maximum Gasteiger partial charge on any atom is 0.240 e. The standard InChI is InChI=1S/C17H29N5O2/c1-22(2)12-15-19-16(21-24-15)17(8-3-4-9-17)20-14(23)6-5-13-7-10-18-11-13/h13,18H,3-12H2,1-2H3,(H,20,23). The Labute approximate surface area is 143 Å². The number of aromatic nitrogens is 2. The molecule has 0 bridgehead atoms. The number of hydrogen-bond donors (Lipinski definition) is 2. The molecule has 1 aromatic heterocycles. The molecule has 24 heavy (non-hydrogen) atoms. The summed E-state index contributed by atoms with van der Waals surface area (Å²) in [7, 11) is 3.93. The first-order valence-corrected chi connectivity index (χ1v) is 9.07. The summed E-state index contributed by atoms with van der Waals surface area (Å²) in [6.07, 6.45) is 6.67. The zero-order valence-electron chi connectivity index (χ0n) is 14.8. The highest BCUT2D eigenvalue weighted by molar-refractivity contribution is 5.77. The number of nitrogens with one attached hydrogen (secondary N) is 2. The van der Waals surface area contributed by atoms with Crippen molar-refractivity contribution in [2.24, 2.45) is 5.92 Å². The van der Waals surface area contributed by atoms with Crippen molar-refractivity contribution < 1.29 is 9.32 Å². The van der Waals surface area contributed by atoms with Gasteiger partial charge in [0.1, 0.15) is 5.54 Å².